The molecule has 0 aromatic carbocycles. The van der Waals surface area contributed by atoms with E-state index in [1.807, 2.05) is 25.7 Å². The Morgan fingerprint density at radius 1 is 1.40 bits per heavy atom. The van der Waals surface area contributed by atoms with E-state index in [-0.39, 0.29) is 29.6 Å². The van der Waals surface area contributed by atoms with Crippen LogP contribution < -0.4 is 11.1 Å². The minimum absolute atomic E-state index is 0. The number of nitrogens with two attached hydrogens (primary N) is 1. The topological polar surface area (TPSA) is 75.4 Å². The number of amides is 2. The van der Waals surface area contributed by atoms with E-state index in [2.05, 4.69) is 5.32 Å². The van der Waals surface area contributed by atoms with Gasteiger partial charge in [0.25, 0.3) is 0 Å². The second-order valence-electron chi connectivity index (χ2n) is 6.54. The lowest BCUT2D eigenvalue weighted by molar-refractivity contribution is -0.134. The summed E-state index contributed by atoms with van der Waals surface area (Å²) in [5.41, 5.74) is 5.27. The van der Waals surface area contributed by atoms with Crippen LogP contribution in [0.1, 0.15) is 40.5 Å². The van der Waals surface area contributed by atoms with E-state index in [0.29, 0.717) is 19.0 Å². The van der Waals surface area contributed by atoms with Crippen LogP contribution in [0.15, 0.2) is 0 Å². The number of halogens is 1. The van der Waals surface area contributed by atoms with E-state index >= 15 is 0 Å². The van der Waals surface area contributed by atoms with Gasteiger partial charge in [-0.3, -0.25) is 9.59 Å². The van der Waals surface area contributed by atoms with E-state index in [1.165, 1.54) is 0 Å². The van der Waals surface area contributed by atoms with Crippen LogP contribution in [0.2, 0.25) is 0 Å². The molecule has 0 aliphatic carbocycles. The van der Waals surface area contributed by atoms with Crippen LogP contribution >= 0.6 is 12.4 Å². The van der Waals surface area contributed by atoms with Crippen molar-refractivity contribution in [2.75, 3.05) is 19.6 Å². The molecule has 0 saturated carbocycles. The highest BCUT2D eigenvalue weighted by Gasteiger charge is 2.27. The fourth-order valence-corrected chi connectivity index (χ4v) is 2.22. The molecule has 1 saturated heterocycles. The Balaban J connectivity index is 0.00000361. The second-order valence-corrected chi connectivity index (χ2v) is 6.54. The molecule has 1 heterocycles. The van der Waals surface area contributed by atoms with Gasteiger partial charge in [0.1, 0.15) is 0 Å². The summed E-state index contributed by atoms with van der Waals surface area (Å²) in [5, 5.41) is 2.97. The van der Waals surface area contributed by atoms with Crippen molar-refractivity contribution in [2.24, 2.45) is 17.1 Å². The van der Waals surface area contributed by atoms with Crippen LogP contribution in [0.25, 0.3) is 0 Å². The molecule has 1 aliphatic rings. The number of nitrogens with one attached hydrogen (secondary N) is 1. The number of nitrogens with zero attached hydrogens (tertiary/aromatic N) is 1. The summed E-state index contributed by atoms with van der Waals surface area (Å²) in [4.78, 5) is 25.5. The molecular formula is C14H28ClN3O2. The van der Waals surface area contributed by atoms with E-state index < -0.39 is 6.04 Å². The Bertz CT molecular complexity index is 340. The summed E-state index contributed by atoms with van der Waals surface area (Å²) in [7, 11) is 0. The largest absolute Gasteiger partial charge is 0.355 e. The highest BCUT2D eigenvalue weighted by Crippen LogP contribution is 2.18. The molecule has 1 unspecified atom stereocenters. The summed E-state index contributed by atoms with van der Waals surface area (Å²) >= 11 is 0. The number of carbonyl (C=O) groups excluding carboxylic acids is 2. The van der Waals surface area contributed by atoms with Gasteiger partial charge in [0.2, 0.25) is 11.8 Å². The monoisotopic (exact) mass is 305 g/mol. The van der Waals surface area contributed by atoms with Gasteiger partial charge in [0.05, 0.1) is 6.04 Å². The van der Waals surface area contributed by atoms with Gasteiger partial charge in [-0.1, -0.05) is 20.8 Å². The minimum Gasteiger partial charge on any atom is -0.355 e. The average Bonchev–Trinajstić information content (AvgIpc) is 2.34. The first-order chi connectivity index (χ1) is 8.71. The molecule has 0 radical (unpaired) electrons. The highest BCUT2D eigenvalue weighted by atomic mass is 35.5. The molecule has 2 amide bonds. The summed E-state index contributed by atoms with van der Waals surface area (Å²) in [6.45, 7) is 9.53. The maximum atomic E-state index is 11.9. The standard InChI is InChI=1S/C14H27N3O2.ClH/c1-10(15)12(18)17-7-5-6-11(9-17)8-16-13(19)14(2,3)4;/h10-11H,5-9,15H2,1-4H3,(H,16,19);1H/t10-,11?;/m1./s1. The van der Waals surface area contributed by atoms with E-state index in [1.54, 1.807) is 6.92 Å². The first-order valence-corrected chi connectivity index (χ1v) is 7.04. The number of hydrogen-bond donors (Lipinski definition) is 2. The van der Waals surface area contributed by atoms with E-state index in [0.717, 1.165) is 19.4 Å². The summed E-state index contributed by atoms with van der Waals surface area (Å²) < 4.78 is 0. The van der Waals surface area contributed by atoms with Crippen molar-refractivity contribution in [3.63, 3.8) is 0 Å². The molecule has 6 heteroatoms. The zero-order chi connectivity index (χ0) is 14.6. The number of carbonyl (C=O) groups is 2. The van der Waals surface area contributed by atoms with Gasteiger partial charge >= 0.3 is 0 Å². The van der Waals surface area contributed by atoms with Crippen LogP contribution in [-0.4, -0.2) is 42.4 Å². The van der Waals surface area contributed by atoms with Crippen LogP contribution in [0.4, 0.5) is 0 Å². The van der Waals surface area contributed by atoms with Crippen molar-refractivity contribution in [2.45, 2.75) is 46.6 Å². The lowest BCUT2D eigenvalue weighted by Crippen LogP contribution is -2.49. The third kappa shape index (κ3) is 5.67. The van der Waals surface area contributed by atoms with Gasteiger partial charge in [0.15, 0.2) is 0 Å². The Hall–Kier alpha value is -0.810. The van der Waals surface area contributed by atoms with Gasteiger partial charge in [-0.15, -0.1) is 12.4 Å². The van der Waals surface area contributed by atoms with Crippen molar-refractivity contribution in [3.05, 3.63) is 0 Å². The Kier molecular flexibility index (Phi) is 7.52. The van der Waals surface area contributed by atoms with Gasteiger partial charge < -0.3 is 16.0 Å². The van der Waals surface area contributed by atoms with Crippen molar-refractivity contribution >= 4 is 24.2 Å². The Morgan fingerprint density at radius 3 is 2.50 bits per heavy atom. The molecular weight excluding hydrogens is 278 g/mol. The Morgan fingerprint density at radius 2 is 2.00 bits per heavy atom. The van der Waals surface area contributed by atoms with Crippen LogP contribution in [0.3, 0.4) is 0 Å². The molecule has 2 atom stereocenters. The molecule has 1 rings (SSSR count). The smallest absolute Gasteiger partial charge is 0.239 e. The van der Waals surface area contributed by atoms with Crippen LogP contribution in [-0.2, 0) is 9.59 Å². The van der Waals surface area contributed by atoms with Gasteiger partial charge in [-0.05, 0) is 25.7 Å². The first kappa shape index (κ1) is 19.2. The van der Waals surface area contributed by atoms with Crippen molar-refractivity contribution < 1.29 is 9.59 Å². The molecule has 0 spiro atoms. The van der Waals surface area contributed by atoms with E-state index in [4.69, 9.17) is 5.73 Å². The SMILES string of the molecule is C[C@@H](N)C(=O)N1CCCC(CNC(=O)C(C)(C)C)C1.Cl. The fourth-order valence-electron chi connectivity index (χ4n) is 2.22. The van der Waals surface area contributed by atoms with Gasteiger partial charge in [0, 0.05) is 25.0 Å². The summed E-state index contributed by atoms with van der Waals surface area (Å²) in [5.74, 6) is 0.401. The third-order valence-electron chi connectivity index (χ3n) is 3.45. The first-order valence-electron chi connectivity index (χ1n) is 7.04. The number of rotatable bonds is 3. The molecule has 20 heavy (non-hydrogen) atoms. The number of likely N-dealkylation sites (tertiary alicyclic amines) is 1. The quantitative estimate of drug-likeness (QED) is 0.821. The van der Waals surface area contributed by atoms with Crippen LogP contribution in [0, 0.1) is 11.3 Å². The predicted molar refractivity (Wildman–Crippen MR) is 82.7 cm³/mol. The summed E-state index contributed by atoms with van der Waals surface area (Å²) in [6.07, 6.45) is 2.03. The van der Waals surface area contributed by atoms with Crippen molar-refractivity contribution in [1.82, 2.24) is 10.2 Å². The molecule has 1 fully saturated rings. The van der Waals surface area contributed by atoms with Crippen molar-refractivity contribution in [1.29, 1.82) is 0 Å². The highest BCUT2D eigenvalue weighted by molar-refractivity contribution is 5.85. The normalized spacial score (nSPS) is 20.9. The fraction of sp³-hybridized carbons (Fsp3) is 0.857. The maximum Gasteiger partial charge on any atom is 0.239 e. The number of hydrogen-bond acceptors (Lipinski definition) is 3. The zero-order valence-electron chi connectivity index (χ0n) is 12.9. The number of piperidine rings is 1. The van der Waals surface area contributed by atoms with Crippen LogP contribution in [0.5, 0.6) is 0 Å². The molecule has 3 N–H and O–H groups in total. The van der Waals surface area contributed by atoms with E-state index in [9.17, 15) is 9.59 Å². The molecule has 0 aromatic rings. The maximum absolute atomic E-state index is 11.9. The predicted octanol–water partition coefficient (Wildman–Crippen LogP) is 1.16. The Labute approximate surface area is 128 Å². The molecule has 0 bridgehead atoms. The summed E-state index contributed by atoms with van der Waals surface area (Å²) in [6, 6.07) is -0.442. The minimum atomic E-state index is -0.442. The van der Waals surface area contributed by atoms with Crippen molar-refractivity contribution in [3.8, 4) is 0 Å². The molecule has 0 aromatic heterocycles. The molecule has 118 valence electrons. The van der Waals surface area contributed by atoms with Gasteiger partial charge in [-0.25, -0.2) is 0 Å². The zero-order valence-corrected chi connectivity index (χ0v) is 13.8. The lowest BCUT2D eigenvalue weighted by Gasteiger charge is -2.34. The average molecular weight is 306 g/mol. The van der Waals surface area contributed by atoms with Gasteiger partial charge in [-0.2, -0.15) is 0 Å². The molecule has 1 aliphatic heterocycles. The molecule has 5 nitrogen and oxygen atoms in total. The lowest BCUT2D eigenvalue weighted by atomic mass is 9.94. The second kappa shape index (κ2) is 7.84. The third-order valence-corrected chi connectivity index (χ3v) is 3.45.